The van der Waals surface area contributed by atoms with Gasteiger partial charge in [-0.1, -0.05) is 178 Å². The molecule has 7 rings (SSSR count). The van der Waals surface area contributed by atoms with E-state index >= 15 is 0 Å². The molecule has 6 atom stereocenters. The molecule has 0 saturated heterocycles. The number of benzene rings is 3. The Morgan fingerprint density at radius 2 is 0.647 bits per heavy atom. The van der Waals surface area contributed by atoms with Crippen molar-refractivity contribution in [2.75, 3.05) is 0 Å². The lowest BCUT2D eigenvalue weighted by atomic mass is 9.76. The predicted octanol–water partition coefficient (Wildman–Crippen LogP) is 25.1. The summed E-state index contributed by atoms with van der Waals surface area (Å²) >= 11 is 0. The summed E-state index contributed by atoms with van der Waals surface area (Å²) in [5.74, 6) is 1.64. The third-order valence-corrected chi connectivity index (χ3v) is 23.1. The lowest BCUT2D eigenvalue weighted by Gasteiger charge is -2.31. The second-order valence-corrected chi connectivity index (χ2v) is 40.6. The van der Waals surface area contributed by atoms with Crippen LogP contribution in [-0.4, -0.2) is 71.7 Å². The van der Waals surface area contributed by atoms with Crippen LogP contribution in [0.15, 0.2) is 66.7 Å². The normalized spacial score (nSPS) is 16.3. The largest absolute Gasteiger partial charge is 0.354 e. The van der Waals surface area contributed by atoms with Crippen molar-refractivity contribution in [3.63, 3.8) is 0 Å². The van der Waals surface area contributed by atoms with Crippen molar-refractivity contribution in [2.24, 2.45) is 81.8 Å². The van der Waals surface area contributed by atoms with Gasteiger partial charge in [0.15, 0.2) is 0 Å². The van der Waals surface area contributed by atoms with Gasteiger partial charge in [-0.15, -0.1) is 6.58 Å². The quantitative estimate of drug-likeness (QED) is 0.0246. The Kier molecular flexibility index (Phi) is 52.4. The zero-order valence-corrected chi connectivity index (χ0v) is 78.6. The van der Waals surface area contributed by atoms with Crippen molar-refractivity contribution in [2.45, 2.75) is 401 Å². The smallest absolute Gasteiger partial charge is 0.223 e. The van der Waals surface area contributed by atoms with Crippen LogP contribution >= 0.6 is 0 Å². The first-order valence-corrected chi connectivity index (χ1v) is 46.4. The molecule has 680 valence electrons. The summed E-state index contributed by atoms with van der Waals surface area (Å²) in [6.45, 7) is 51.2. The average molecular weight is 1680 g/mol. The minimum Gasteiger partial charge on any atom is -0.354 e. The Morgan fingerprint density at radius 3 is 0.966 bits per heavy atom. The first-order valence-electron chi connectivity index (χ1n) is 46.4. The molecule has 4 aliphatic carbocycles. The summed E-state index contributed by atoms with van der Waals surface area (Å²) in [6.07, 6.45) is 34.9. The molecule has 12 nitrogen and oxygen atoms in total. The molecule has 3 aromatic rings. The molecular weight excluding hydrogens is 1510 g/mol. The van der Waals surface area contributed by atoms with Crippen molar-refractivity contribution in [1.29, 1.82) is 0 Å². The third kappa shape index (κ3) is 50.9. The molecule has 3 aromatic carbocycles. The summed E-state index contributed by atoms with van der Waals surface area (Å²) in [4.78, 5) is 73.5. The lowest BCUT2D eigenvalue weighted by molar-refractivity contribution is -0.129. The van der Waals surface area contributed by atoms with Crippen molar-refractivity contribution in [3.8, 4) is 0 Å². The molecule has 0 radical (unpaired) electrons. The number of allylic oxidation sites excluding steroid dienone is 1. The minimum absolute atomic E-state index is 0.0237. The third-order valence-electron chi connectivity index (χ3n) is 23.1. The van der Waals surface area contributed by atoms with Crippen molar-refractivity contribution in [3.05, 3.63) is 118 Å². The van der Waals surface area contributed by atoms with E-state index in [0.717, 1.165) is 80.1 Å². The Bertz CT molecular complexity index is 3330. The monoisotopic (exact) mass is 1680 g/mol. The van der Waals surface area contributed by atoms with Crippen molar-refractivity contribution in [1.82, 2.24) is 31.9 Å². The lowest BCUT2D eigenvalue weighted by Crippen LogP contribution is -2.41. The first kappa shape index (κ1) is 109. The number of hydrogen-bond donors (Lipinski definition) is 6. The molecule has 0 bridgehead atoms. The van der Waals surface area contributed by atoms with E-state index in [1.807, 2.05) is 90.0 Å². The van der Waals surface area contributed by atoms with Gasteiger partial charge in [0.1, 0.15) is 34.9 Å². The van der Waals surface area contributed by atoms with Gasteiger partial charge in [0.25, 0.3) is 0 Å². The fraction of sp³-hybridized carbons (Fsp3) is 0.743. The van der Waals surface area contributed by atoms with Crippen LogP contribution < -0.4 is 31.9 Å². The molecule has 4 fully saturated rings. The van der Waals surface area contributed by atoms with Gasteiger partial charge in [-0.05, 0) is 292 Å². The van der Waals surface area contributed by atoms with Crippen LogP contribution in [0.25, 0.3) is 0 Å². The fourth-order valence-electron chi connectivity index (χ4n) is 17.3. The highest BCUT2D eigenvalue weighted by atomic mass is 19.2. The second-order valence-electron chi connectivity index (χ2n) is 40.6. The Hall–Kier alpha value is -6.20. The van der Waals surface area contributed by atoms with Crippen LogP contribution in [0.2, 0.25) is 0 Å². The van der Waals surface area contributed by atoms with E-state index in [2.05, 4.69) is 108 Å². The standard InChI is InChI=1S/C19H27F2NO.C17H25F2NO.C17H23F2NO.C17H33NO.C16H31NO.C15H29NO/c1-13(2)22-19(23)16(9-14-5-3-4-6-14)8-7-15-10-17(20)12-18(21)11-15;2*1-11(2)7-14(17(21)20-12(3)4)6-5-13-8-15(18)10-16(19)9-13;1-13(2)18-16(19)15(12-17(3,4)5)11-10-14-8-6-7-9-14;1-12(2)17-15(18)14(16(3,4)5)11-10-13-8-6-7-9-13;1-11(2)14(15(17)16-12(3)4)10-9-13-7-5-6-8-13/h10-14,16H,3-9H2,1-2H3,(H,22,23);8-12,14H,5-7H2,1-4H3,(H,20,21);8-10,12,14H,1,5-7H2,2-4H3,(H,20,21);13-15H,6-12H2,1-5H3,(H,18,19);12-14H,6-11H2,1-5H3,(H,17,18);11-14H,5-10H2,1-4H3,(H,16,17). The number of nitrogens with one attached hydrogen (secondary N) is 6. The molecule has 18 heteroatoms. The highest BCUT2D eigenvalue weighted by molar-refractivity contribution is 5.81. The van der Waals surface area contributed by atoms with Crippen LogP contribution in [-0.2, 0) is 48.0 Å². The van der Waals surface area contributed by atoms with Crippen LogP contribution in [0.4, 0.5) is 26.3 Å². The molecule has 119 heavy (non-hydrogen) atoms. The molecule has 0 aromatic heterocycles. The number of hydrogen-bond acceptors (Lipinski definition) is 6. The minimum atomic E-state index is -0.590. The number of aryl methyl sites for hydroxylation is 3. The molecular formula is C101H168F6N6O6. The summed E-state index contributed by atoms with van der Waals surface area (Å²) in [5.41, 5.74) is 3.00. The summed E-state index contributed by atoms with van der Waals surface area (Å²) < 4.78 is 79.2. The van der Waals surface area contributed by atoms with E-state index in [1.54, 1.807) is 0 Å². The highest BCUT2D eigenvalue weighted by Crippen LogP contribution is 2.38. The molecule has 6 unspecified atom stereocenters. The SMILES string of the molecule is C=C(C)CC(CCc1cc(F)cc(F)c1)C(=O)NC(C)C.CC(C)CC(CCc1cc(F)cc(F)c1)C(=O)NC(C)C.CC(C)NC(=O)C(CCC1CCCC1)C(C)(C)C.CC(C)NC(=O)C(CCC1CCCC1)C(C)C.CC(C)NC(=O)C(CCC1CCCC1)CC(C)(C)C.CC(C)NC(=O)C(CCc1cc(F)cc(F)c1)CC1CCCC1. The average Bonchev–Trinajstić information content (AvgIpc) is 1.64. The molecule has 6 N–H and O–H groups in total. The Labute approximate surface area is 719 Å². The molecule has 4 saturated carbocycles. The first-order chi connectivity index (χ1) is 55.6. The van der Waals surface area contributed by atoms with E-state index < -0.39 is 34.9 Å². The van der Waals surface area contributed by atoms with Gasteiger partial charge in [-0.25, -0.2) is 26.3 Å². The van der Waals surface area contributed by atoms with E-state index in [1.165, 1.54) is 158 Å². The van der Waals surface area contributed by atoms with Gasteiger partial charge in [0.2, 0.25) is 35.4 Å². The van der Waals surface area contributed by atoms with Crippen LogP contribution in [0.5, 0.6) is 0 Å². The van der Waals surface area contributed by atoms with E-state index in [-0.39, 0.29) is 118 Å². The maximum atomic E-state index is 13.3. The van der Waals surface area contributed by atoms with Gasteiger partial charge >= 0.3 is 0 Å². The van der Waals surface area contributed by atoms with Gasteiger partial charge < -0.3 is 31.9 Å². The maximum absolute atomic E-state index is 13.3. The summed E-state index contributed by atoms with van der Waals surface area (Å²) in [5, 5.41) is 18.0. The topological polar surface area (TPSA) is 175 Å². The van der Waals surface area contributed by atoms with Gasteiger partial charge in [-0.2, -0.15) is 0 Å². The number of rotatable bonds is 38. The molecule has 0 heterocycles. The molecule has 6 amide bonds. The number of carbonyl (C=O) groups is 6. The van der Waals surface area contributed by atoms with E-state index in [9.17, 15) is 55.1 Å². The Morgan fingerprint density at radius 1 is 0.361 bits per heavy atom. The van der Waals surface area contributed by atoms with Gasteiger partial charge in [0, 0.05) is 90.0 Å². The molecule has 0 spiro atoms. The van der Waals surface area contributed by atoms with Crippen LogP contribution in [0.3, 0.4) is 0 Å². The maximum Gasteiger partial charge on any atom is 0.223 e. The molecule has 4 aliphatic rings. The summed E-state index contributed by atoms with van der Waals surface area (Å²) in [7, 11) is 0. The predicted molar refractivity (Wildman–Crippen MR) is 482 cm³/mol. The Balaban J connectivity index is 0.000000485. The zero-order chi connectivity index (χ0) is 89.9. The van der Waals surface area contributed by atoms with Crippen molar-refractivity contribution >= 4 is 35.4 Å². The number of amides is 6. The van der Waals surface area contributed by atoms with E-state index in [4.69, 9.17) is 0 Å². The van der Waals surface area contributed by atoms with E-state index in [0.29, 0.717) is 79.4 Å². The fourth-order valence-corrected chi connectivity index (χ4v) is 17.3. The van der Waals surface area contributed by atoms with Crippen LogP contribution in [0, 0.1) is 117 Å². The van der Waals surface area contributed by atoms with Gasteiger partial charge in [0.05, 0.1) is 0 Å². The molecule has 0 aliphatic heterocycles. The van der Waals surface area contributed by atoms with Crippen molar-refractivity contribution < 1.29 is 55.1 Å². The number of halogens is 6. The van der Waals surface area contributed by atoms with Crippen LogP contribution in [0.1, 0.15) is 362 Å². The zero-order valence-electron chi connectivity index (χ0n) is 78.6. The highest BCUT2D eigenvalue weighted by Gasteiger charge is 2.34. The number of carbonyl (C=O) groups excluding carboxylic acids is 6. The summed E-state index contributed by atoms with van der Waals surface area (Å²) in [6, 6.07) is 11.6. The van der Waals surface area contributed by atoms with Gasteiger partial charge in [-0.3, -0.25) is 28.8 Å². The second kappa shape index (κ2) is 57.3.